The van der Waals surface area contributed by atoms with Gasteiger partial charge in [0.1, 0.15) is 0 Å². The van der Waals surface area contributed by atoms with Gasteiger partial charge in [-0.05, 0) is 29.7 Å². The number of benzene rings is 1. The Morgan fingerprint density at radius 1 is 1.20 bits per heavy atom. The van der Waals surface area contributed by atoms with Crippen LogP contribution in [0.4, 0.5) is 0 Å². The monoisotopic (exact) mass is 286 g/mol. The van der Waals surface area contributed by atoms with Crippen molar-refractivity contribution in [2.24, 2.45) is 0 Å². The van der Waals surface area contributed by atoms with Gasteiger partial charge >= 0.3 is 0 Å². The molecule has 1 unspecified atom stereocenters. The standard InChI is InChI=1S/C15H14N2O2S/c1-12(7-8-16)13-9-15(11-17-10-13)20(18,19)14-5-3-2-4-6-14/h2-6,9-12H,7H2,1H3. The van der Waals surface area contributed by atoms with Crippen molar-refractivity contribution in [3.63, 3.8) is 0 Å². The molecule has 20 heavy (non-hydrogen) atoms. The highest BCUT2D eigenvalue weighted by Gasteiger charge is 2.19. The molecule has 102 valence electrons. The van der Waals surface area contributed by atoms with Gasteiger partial charge in [-0.15, -0.1) is 0 Å². The summed E-state index contributed by atoms with van der Waals surface area (Å²) in [7, 11) is -3.56. The smallest absolute Gasteiger partial charge is 0.208 e. The summed E-state index contributed by atoms with van der Waals surface area (Å²) < 4.78 is 24.9. The first-order valence-electron chi connectivity index (χ1n) is 6.17. The molecule has 5 heteroatoms. The molecule has 0 aliphatic carbocycles. The number of nitrogens with zero attached hydrogens (tertiary/aromatic N) is 2. The van der Waals surface area contributed by atoms with Crippen molar-refractivity contribution < 1.29 is 8.42 Å². The predicted molar refractivity (Wildman–Crippen MR) is 74.8 cm³/mol. The maximum Gasteiger partial charge on any atom is 0.208 e. The first-order valence-corrected chi connectivity index (χ1v) is 7.66. The number of rotatable bonds is 4. The van der Waals surface area contributed by atoms with Gasteiger partial charge in [-0.1, -0.05) is 25.1 Å². The second kappa shape index (κ2) is 5.85. The second-order valence-corrected chi connectivity index (χ2v) is 6.48. The van der Waals surface area contributed by atoms with Crippen molar-refractivity contribution in [3.05, 3.63) is 54.4 Å². The zero-order chi connectivity index (χ0) is 14.6. The fraction of sp³-hybridized carbons (Fsp3) is 0.200. The average Bonchev–Trinajstić information content (AvgIpc) is 2.48. The number of aromatic nitrogens is 1. The highest BCUT2D eigenvalue weighted by Crippen LogP contribution is 2.24. The normalized spacial score (nSPS) is 12.6. The molecule has 0 N–H and O–H groups in total. The second-order valence-electron chi connectivity index (χ2n) is 4.53. The van der Waals surface area contributed by atoms with Gasteiger partial charge in [-0.2, -0.15) is 5.26 Å². The molecule has 0 radical (unpaired) electrons. The Morgan fingerprint density at radius 3 is 2.55 bits per heavy atom. The van der Waals surface area contributed by atoms with Gasteiger partial charge in [0.05, 0.1) is 15.9 Å². The molecule has 0 amide bonds. The highest BCUT2D eigenvalue weighted by atomic mass is 32.2. The van der Waals surface area contributed by atoms with Crippen LogP contribution < -0.4 is 0 Å². The molecule has 2 rings (SSSR count). The van der Waals surface area contributed by atoms with Crippen LogP contribution in [0, 0.1) is 11.3 Å². The van der Waals surface area contributed by atoms with Gasteiger partial charge in [-0.25, -0.2) is 8.42 Å². The van der Waals surface area contributed by atoms with Gasteiger partial charge in [0.2, 0.25) is 9.84 Å². The minimum absolute atomic E-state index is 0.0431. The molecule has 1 aromatic carbocycles. The van der Waals surface area contributed by atoms with Crippen LogP contribution in [-0.2, 0) is 9.84 Å². The molecule has 1 atom stereocenters. The topological polar surface area (TPSA) is 70.8 Å². The lowest BCUT2D eigenvalue weighted by molar-refractivity contribution is 0.595. The first-order chi connectivity index (χ1) is 9.55. The van der Waals surface area contributed by atoms with Crippen LogP contribution in [0.3, 0.4) is 0 Å². The van der Waals surface area contributed by atoms with Crippen LogP contribution in [0.15, 0.2) is 58.6 Å². The fourth-order valence-electron chi connectivity index (χ4n) is 1.84. The summed E-state index contributed by atoms with van der Waals surface area (Å²) >= 11 is 0. The molecular formula is C15H14N2O2S. The number of sulfone groups is 1. The summed E-state index contributed by atoms with van der Waals surface area (Å²) in [6.45, 7) is 1.87. The van der Waals surface area contributed by atoms with E-state index in [0.29, 0.717) is 6.42 Å². The molecule has 0 spiro atoms. The average molecular weight is 286 g/mol. The van der Waals surface area contributed by atoms with E-state index in [4.69, 9.17) is 5.26 Å². The molecule has 0 saturated heterocycles. The van der Waals surface area contributed by atoms with E-state index in [2.05, 4.69) is 11.1 Å². The maximum atomic E-state index is 12.5. The van der Waals surface area contributed by atoms with Gasteiger partial charge in [0.25, 0.3) is 0 Å². The summed E-state index contributed by atoms with van der Waals surface area (Å²) in [6.07, 6.45) is 3.27. The summed E-state index contributed by atoms with van der Waals surface area (Å²) in [5.74, 6) is -0.0431. The van der Waals surface area contributed by atoms with Crippen LogP contribution >= 0.6 is 0 Å². The van der Waals surface area contributed by atoms with Crippen molar-refractivity contribution in [1.82, 2.24) is 4.98 Å². The Kier molecular flexibility index (Phi) is 4.16. The number of hydrogen-bond acceptors (Lipinski definition) is 4. The lowest BCUT2D eigenvalue weighted by Crippen LogP contribution is -2.04. The van der Waals surface area contributed by atoms with Crippen molar-refractivity contribution in [2.45, 2.75) is 29.1 Å². The van der Waals surface area contributed by atoms with Gasteiger partial charge in [0, 0.05) is 18.8 Å². The van der Waals surface area contributed by atoms with E-state index in [9.17, 15) is 8.42 Å². The van der Waals surface area contributed by atoms with E-state index in [1.165, 1.54) is 6.20 Å². The first kappa shape index (κ1) is 14.2. The van der Waals surface area contributed by atoms with Crippen LogP contribution in [0.2, 0.25) is 0 Å². The molecule has 0 saturated carbocycles. The maximum absolute atomic E-state index is 12.5. The summed E-state index contributed by atoms with van der Waals surface area (Å²) in [5.41, 5.74) is 0.753. The number of hydrogen-bond donors (Lipinski definition) is 0. The highest BCUT2D eigenvalue weighted by molar-refractivity contribution is 7.91. The summed E-state index contributed by atoms with van der Waals surface area (Å²) in [4.78, 5) is 4.39. The van der Waals surface area contributed by atoms with E-state index in [1.54, 1.807) is 42.6 Å². The molecule has 0 bridgehead atoms. The lowest BCUT2D eigenvalue weighted by Gasteiger charge is -2.09. The minimum Gasteiger partial charge on any atom is -0.263 e. The Hall–Kier alpha value is -2.19. The largest absolute Gasteiger partial charge is 0.263 e. The Balaban J connectivity index is 2.44. The third-order valence-electron chi connectivity index (χ3n) is 3.06. The SMILES string of the molecule is CC(CC#N)c1cncc(S(=O)(=O)c2ccccc2)c1. The zero-order valence-corrected chi connectivity index (χ0v) is 11.8. The van der Waals surface area contributed by atoms with E-state index in [1.807, 2.05) is 6.92 Å². The van der Waals surface area contributed by atoms with Gasteiger partial charge < -0.3 is 0 Å². The Labute approximate surface area is 118 Å². The molecule has 0 fully saturated rings. The summed E-state index contributed by atoms with van der Waals surface area (Å²) in [6, 6.07) is 11.9. The van der Waals surface area contributed by atoms with E-state index in [0.717, 1.165) is 5.56 Å². The quantitative estimate of drug-likeness (QED) is 0.866. The number of pyridine rings is 1. The molecule has 1 aromatic heterocycles. The third-order valence-corrected chi connectivity index (χ3v) is 4.80. The molecule has 0 aliphatic rings. The predicted octanol–water partition coefficient (Wildman–Crippen LogP) is 2.93. The fourth-order valence-corrected chi connectivity index (χ4v) is 3.12. The van der Waals surface area contributed by atoms with Crippen molar-refractivity contribution >= 4 is 9.84 Å². The Bertz CT molecular complexity index is 734. The summed E-state index contributed by atoms with van der Waals surface area (Å²) in [5, 5.41) is 8.72. The van der Waals surface area contributed by atoms with Crippen molar-refractivity contribution in [1.29, 1.82) is 5.26 Å². The van der Waals surface area contributed by atoms with E-state index < -0.39 is 9.84 Å². The number of nitriles is 1. The van der Waals surface area contributed by atoms with Crippen molar-refractivity contribution in [2.75, 3.05) is 0 Å². The van der Waals surface area contributed by atoms with E-state index >= 15 is 0 Å². The minimum atomic E-state index is -3.56. The van der Waals surface area contributed by atoms with Crippen molar-refractivity contribution in [3.8, 4) is 6.07 Å². The van der Waals surface area contributed by atoms with Crippen LogP contribution in [0.25, 0.3) is 0 Å². The van der Waals surface area contributed by atoms with E-state index in [-0.39, 0.29) is 15.7 Å². The van der Waals surface area contributed by atoms with Crippen LogP contribution in [0.5, 0.6) is 0 Å². The molecular weight excluding hydrogens is 272 g/mol. The third kappa shape index (κ3) is 2.86. The lowest BCUT2D eigenvalue weighted by atomic mass is 10.0. The molecule has 4 nitrogen and oxygen atoms in total. The van der Waals surface area contributed by atoms with Gasteiger partial charge in [0.15, 0.2) is 0 Å². The molecule has 0 aliphatic heterocycles. The van der Waals surface area contributed by atoms with Crippen LogP contribution in [0.1, 0.15) is 24.8 Å². The van der Waals surface area contributed by atoms with Gasteiger partial charge in [-0.3, -0.25) is 4.98 Å². The zero-order valence-electron chi connectivity index (χ0n) is 11.0. The molecule has 2 aromatic rings. The Morgan fingerprint density at radius 2 is 1.90 bits per heavy atom. The van der Waals surface area contributed by atoms with Crippen LogP contribution in [-0.4, -0.2) is 13.4 Å². The molecule has 1 heterocycles.